The molecular weight excluding hydrogens is 372 g/mol. The minimum absolute atomic E-state index is 0.271. The zero-order valence-electron chi connectivity index (χ0n) is 19.7. The number of benzene rings is 1. The van der Waals surface area contributed by atoms with Gasteiger partial charge >= 0.3 is 0 Å². The topological polar surface area (TPSA) is 47.7 Å². The van der Waals surface area contributed by atoms with Gasteiger partial charge in [-0.3, -0.25) is 4.90 Å². The molecule has 30 heavy (non-hydrogen) atoms. The van der Waals surface area contributed by atoms with Crippen LogP contribution < -0.4 is 5.73 Å². The average molecular weight is 415 g/mol. The molecule has 4 nitrogen and oxygen atoms in total. The van der Waals surface area contributed by atoms with E-state index in [2.05, 4.69) is 72.9 Å². The predicted molar refractivity (Wildman–Crippen MR) is 126 cm³/mol. The van der Waals surface area contributed by atoms with Crippen molar-refractivity contribution >= 4 is 0 Å². The first-order valence-corrected chi connectivity index (χ1v) is 11.4. The lowest BCUT2D eigenvalue weighted by Crippen LogP contribution is -2.29. The van der Waals surface area contributed by atoms with Gasteiger partial charge in [-0.15, -0.1) is 0 Å². The molecular formula is C26H42N2O2. The van der Waals surface area contributed by atoms with E-state index in [9.17, 15) is 0 Å². The van der Waals surface area contributed by atoms with E-state index in [0.717, 1.165) is 44.9 Å². The highest BCUT2D eigenvalue weighted by Crippen LogP contribution is 2.30. The summed E-state index contributed by atoms with van der Waals surface area (Å²) in [6, 6.07) is 9.31. The standard InChI is InChI=1S/C23H34N2O.C3H8O/c1-18-13-21(17-26-22-7-10-23(2,3)11-8-22)16-25(18)12-9-19-5-4-6-20(14-19)15-24;1-3-4-2/h4-8,10,14,18,21H,9,11-13,15-17,24H2,1-3H3;3H2,1-2H3/t18-,21+;/m1./s1. The number of nitrogens with zero attached hydrogens (tertiary/aromatic N) is 1. The number of methoxy groups -OCH3 is 1. The Hall–Kier alpha value is -1.62. The molecule has 1 aromatic rings. The number of nitrogens with two attached hydrogens (primary N) is 1. The van der Waals surface area contributed by atoms with Crippen LogP contribution in [0.15, 0.2) is 48.3 Å². The summed E-state index contributed by atoms with van der Waals surface area (Å²) >= 11 is 0. The van der Waals surface area contributed by atoms with E-state index in [1.54, 1.807) is 7.11 Å². The second-order valence-electron chi connectivity index (χ2n) is 9.24. The molecule has 4 heteroatoms. The van der Waals surface area contributed by atoms with Gasteiger partial charge in [-0.25, -0.2) is 0 Å². The molecule has 168 valence electrons. The van der Waals surface area contributed by atoms with Crippen molar-refractivity contribution in [3.05, 3.63) is 59.4 Å². The molecule has 0 unspecified atom stereocenters. The Labute approximate surface area is 184 Å². The fraction of sp³-hybridized carbons (Fsp3) is 0.615. The quantitative estimate of drug-likeness (QED) is 0.655. The molecule has 1 aromatic carbocycles. The number of likely N-dealkylation sites (tertiary alicyclic amines) is 1. The summed E-state index contributed by atoms with van der Waals surface area (Å²) in [7, 11) is 1.68. The summed E-state index contributed by atoms with van der Waals surface area (Å²) in [4.78, 5) is 2.61. The minimum atomic E-state index is 0.271. The van der Waals surface area contributed by atoms with Crippen LogP contribution in [0.1, 0.15) is 51.7 Å². The van der Waals surface area contributed by atoms with Crippen LogP contribution in [0.5, 0.6) is 0 Å². The van der Waals surface area contributed by atoms with Crippen molar-refractivity contribution in [1.82, 2.24) is 4.90 Å². The van der Waals surface area contributed by atoms with Gasteiger partial charge in [-0.2, -0.15) is 0 Å². The van der Waals surface area contributed by atoms with Gasteiger partial charge in [-0.05, 0) is 61.8 Å². The first kappa shape index (κ1) is 24.6. The summed E-state index contributed by atoms with van der Waals surface area (Å²) in [5, 5.41) is 0. The van der Waals surface area contributed by atoms with Crippen LogP contribution in [0.4, 0.5) is 0 Å². The smallest absolute Gasteiger partial charge is 0.115 e. The Balaban J connectivity index is 0.000000735. The highest BCUT2D eigenvalue weighted by molar-refractivity contribution is 5.23. The van der Waals surface area contributed by atoms with E-state index < -0.39 is 0 Å². The molecule has 1 heterocycles. The van der Waals surface area contributed by atoms with Crippen molar-refractivity contribution in [1.29, 1.82) is 0 Å². The Morgan fingerprint density at radius 2 is 1.97 bits per heavy atom. The zero-order chi connectivity index (χ0) is 22.0. The number of allylic oxidation sites excluding steroid dienone is 3. The zero-order valence-corrected chi connectivity index (χ0v) is 19.7. The average Bonchev–Trinajstić information content (AvgIpc) is 3.11. The van der Waals surface area contributed by atoms with Gasteiger partial charge in [0.15, 0.2) is 0 Å². The highest BCUT2D eigenvalue weighted by Gasteiger charge is 2.29. The third kappa shape index (κ3) is 8.25. The first-order chi connectivity index (χ1) is 14.4. The first-order valence-electron chi connectivity index (χ1n) is 11.4. The minimum Gasteiger partial charge on any atom is -0.494 e. The van der Waals surface area contributed by atoms with Crippen molar-refractivity contribution in [3.8, 4) is 0 Å². The number of hydrogen-bond acceptors (Lipinski definition) is 4. The van der Waals surface area contributed by atoms with Gasteiger partial charge in [0.25, 0.3) is 0 Å². The van der Waals surface area contributed by atoms with Gasteiger partial charge < -0.3 is 15.2 Å². The maximum absolute atomic E-state index is 6.08. The van der Waals surface area contributed by atoms with Crippen LogP contribution in [0.3, 0.4) is 0 Å². The van der Waals surface area contributed by atoms with Gasteiger partial charge in [0.05, 0.1) is 6.61 Å². The van der Waals surface area contributed by atoms with E-state index in [1.165, 1.54) is 17.5 Å². The van der Waals surface area contributed by atoms with Crippen LogP contribution in [-0.2, 0) is 22.4 Å². The van der Waals surface area contributed by atoms with Crippen LogP contribution in [0.2, 0.25) is 0 Å². The van der Waals surface area contributed by atoms with Crippen LogP contribution in [-0.4, -0.2) is 44.4 Å². The molecule has 3 rings (SSSR count). The monoisotopic (exact) mass is 414 g/mol. The third-order valence-electron chi connectivity index (χ3n) is 6.01. The van der Waals surface area contributed by atoms with Gasteiger partial charge in [0.2, 0.25) is 0 Å². The van der Waals surface area contributed by atoms with Crippen molar-refractivity contribution in [2.75, 3.05) is 33.4 Å². The number of ether oxygens (including phenoxy) is 2. The van der Waals surface area contributed by atoms with E-state index >= 15 is 0 Å². The number of hydrogen-bond donors (Lipinski definition) is 1. The van der Waals surface area contributed by atoms with Gasteiger partial charge in [0, 0.05) is 45.3 Å². The molecule has 0 aromatic heterocycles. The Morgan fingerprint density at radius 3 is 2.60 bits per heavy atom. The molecule has 0 radical (unpaired) electrons. The summed E-state index contributed by atoms with van der Waals surface area (Å²) in [5.41, 5.74) is 8.64. The van der Waals surface area contributed by atoms with Gasteiger partial charge in [-0.1, -0.05) is 44.2 Å². The maximum atomic E-state index is 6.08. The van der Waals surface area contributed by atoms with E-state index in [0.29, 0.717) is 18.5 Å². The molecule has 0 bridgehead atoms. The normalized spacial score (nSPS) is 22.9. The molecule has 1 aliphatic carbocycles. The Morgan fingerprint density at radius 1 is 1.23 bits per heavy atom. The summed E-state index contributed by atoms with van der Waals surface area (Å²) < 4.78 is 10.6. The molecule has 1 saturated heterocycles. The second-order valence-corrected chi connectivity index (χ2v) is 9.24. The molecule has 0 spiro atoms. The largest absolute Gasteiger partial charge is 0.494 e. The fourth-order valence-electron chi connectivity index (χ4n) is 3.96. The van der Waals surface area contributed by atoms with Crippen LogP contribution >= 0.6 is 0 Å². The SMILES string of the molecule is CCOC.C[C@@H]1C[C@H](COC2=CCC(C)(C)C=C2)CN1CCc1cccc(CN)c1. The Bertz CT molecular complexity index is 694. The van der Waals surface area contributed by atoms with Crippen LogP contribution in [0.25, 0.3) is 0 Å². The molecule has 2 N–H and O–H groups in total. The third-order valence-corrected chi connectivity index (χ3v) is 6.01. The number of rotatable bonds is 8. The lowest BCUT2D eigenvalue weighted by Gasteiger charge is -2.23. The van der Waals surface area contributed by atoms with Crippen molar-refractivity contribution < 1.29 is 9.47 Å². The lowest BCUT2D eigenvalue weighted by molar-refractivity contribution is 0.170. The highest BCUT2D eigenvalue weighted by atomic mass is 16.5. The maximum Gasteiger partial charge on any atom is 0.115 e. The molecule has 2 aliphatic rings. The predicted octanol–water partition coefficient (Wildman–Crippen LogP) is 4.94. The fourth-order valence-corrected chi connectivity index (χ4v) is 3.96. The van der Waals surface area contributed by atoms with Crippen molar-refractivity contribution in [2.24, 2.45) is 17.1 Å². The molecule has 1 aliphatic heterocycles. The van der Waals surface area contributed by atoms with Crippen molar-refractivity contribution in [3.63, 3.8) is 0 Å². The molecule has 2 atom stereocenters. The molecule has 1 fully saturated rings. The van der Waals surface area contributed by atoms with Gasteiger partial charge in [0.1, 0.15) is 5.76 Å². The summed E-state index contributed by atoms with van der Waals surface area (Å²) in [6.45, 7) is 13.4. The van der Waals surface area contributed by atoms with Crippen LogP contribution in [0, 0.1) is 11.3 Å². The second kappa shape index (κ2) is 12.3. The molecule has 0 saturated carbocycles. The lowest BCUT2D eigenvalue weighted by atomic mass is 9.86. The van der Waals surface area contributed by atoms with E-state index in [-0.39, 0.29) is 5.41 Å². The Kier molecular flexibility index (Phi) is 10.1. The van der Waals surface area contributed by atoms with E-state index in [1.807, 2.05) is 6.92 Å². The summed E-state index contributed by atoms with van der Waals surface area (Å²) in [5.74, 6) is 1.68. The summed E-state index contributed by atoms with van der Waals surface area (Å²) in [6.07, 6.45) is 10.0. The molecule has 0 amide bonds. The van der Waals surface area contributed by atoms with E-state index in [4.69, 9.17) is 10.5 Å². The van der Waals surface area contributed by atoms with Crippen molar-refractivity contribution in [2.45, 2.75) is 59.5 Å².